The normalized spacial score (nSPS) is 22.4. The molecule has 1 fully saturated rings. The molecule has 0 spiro atoms. The molecule has 3 heterocycles. The second kappa shape index (κ2) is 10.3. The van der Waals surface area contributed by atoms with Gasteiger partial charge in [-0.3, -0.25) is 14.9 Å². The standard InChI is InChI=1S/C29H34N6/c1-2-11-26-25(10-1)33-28(34-26)20-35(27-12-5-7-21-8-6-18-31-29(21)27)24-15-13-22(14-16-24)32-19-23-9-3-4-17-30-23/h1-4,6,8-11,17-18,22,24,27,32H,5,7,12-16,19-20H2,(H,33,34)/t22-,24-,27-/m0/s1. The summed E-state index contributed by atoms with van der Waals surface area (Å²) in [5.41, 5.74) is 5.99. The first-order chi connectivity index (χ1) is 17.3. The third-order valence-corrected chi connectivity index (χ3v) is 7.80. The van der Waals surface area contributed by atoms with Gasteiger partial charge in [0.05, 0.1) is 35.0 Å². The van der Waals surface area contributed by atoms with E-state index in [1.54, 1.807) is 0 Å². The van der Waals surface area contributed by atoms with Crippen molar-refractivity contribution >= 4 is 11.0 Å². The minimum absolute atomic E-state index is 0.358. The number of rotatable bonds is 7. The van der Waals surface area contributed by atoms with Crippen molar-refractivity contribution in [3.05, 3.63) is 89.8 Å². The lowest BCUT2D eigenvalue weighted by Gasteiger charge is -2.42. The van der Waals surface area contributed by atoms with Gasteiger partial charge in [0.25, 0.3) is 0 Å². The predicted octanol–water partition coefficient (Wildman–Crippen LogP) is 5.33. The summed E-state index contributed by atoms with van der Waals surface area (Å²) in [6, 6.07) is 20.3. The van der Waals surface area contributed by atoms with E-state index in [0.29, 0.717) is 18.1 Å². The van der Waals surface area contributed by atoms with Crippen LogP contribution in [0, 0.1) is 0 Å². The van der Waals surface area contributed by atoms with Crippen LogP contribution < -0.4 is 5.32 Å². The first-order valence-electron chi connectivity index (χ1n) is 13.1. The Morgan fingerprint density at radius 3 is 2.60 bits per heavy atom. The highest BCUT2D eigenvalue weighted by Gasteiger charge is 2.34. The molecule has 1 atom stereocenters. The first-order valence-corrected chi connectivity index (χ1v) is 13.1. The summed E-state index contributed by atoms with van der Waals surface area (Å²) in [7, 11) is 0. The maximum atomic E-state index is 4.94. The Balaban J connectivity index is 1.20. The van der Waals surface area contributed by atoms with Crippen LogP contribution in [0.2, 0.25) is 0 Å². The monoisotopic (exact) mass is 466 g/mol. The van der Waals surface area contributed by atoms with Gasteiger partial charge in [-0.2, -0.15) is 0 Å². The number of hydrogen-bond acceptors (Lipinski definition) is 5. The zero-order chi connectivity index (χ0) is 23.5. The van der Waals surface area contributed by atoms with Gasteiger partial charge in [0, 0.05) is 31.0 Å². The van der Waals surface area contributed by atoms with E-state index < -0.39 is 0 Å². The summed E-state index contributed by atoms with van der Waals surface area (Å²) in [5.74, 6) is 1.06. The molecule has 0 bridgehead atoms. The first kappa shape index (κ1) is 22.4. The maximum absolute atomic E-state index is 4.94. The van der Waals surface area contributed by atoms with Crippen molar-refractivity contribution in [2.75, 3.05) is 0 Å². The summed E-state index contributed by atoms with van der Waals surface area (Å²) in [4.78, 5) is 20.6. The van der Waals surface area contributed by atoms with Crippen LogP contribution in [0.3, 0.4) is 0 Å². The lowest BCUT2D eigenvalue weighted by Crippen LogP contribution is -2.44. The Hall–Kier alpha value is -3.09. The molecule has 0 aliphatic heterocycles. The third-order valence-electron chi connectivity index (χ3n) is 7.80. The molecule has 1 saturated carbocycles. The highest BCUT2D eigenvalue weighted by Crippen LogP contribution is 2.38. The van der Waals surface area contributed by atoms with E-state index in [4.69, 9.17) is 9.97 Å². The Kier molecular flexibility index (Phi) is 6.56. The van der Waals surface area contributed by atoms with E-state index >= 15 is 0 Å². The largest absolute Gasteiger partial charge is 0.341 e. The van der Waals surface area contributed by atoms with Gasteiger partial charge in [0.2, 0.25) is 0 Å². The number of imidazole rings is 1. The Morgan fingerprint density at radius 2 is 1.74 bits per heavy atom. The molecule has 2 aliphatic carbocycles. The minimum Gasteiger partial charge on any atom is -0.341 e. The molecule has 2 aliphatic rings. The fraction of sp³-hybridized carbons (Fsp3) is 0.414. The van der Waals surface area contributed by atoms with Gasteiger partial charge >= 0.3 is 0 Å². The van der Waals surface area contributed by atoms with Gasteiger partial charge in [-0.25, -0.2) is 4.98 Å². The minimum atomic E-state index is 0.358. The summed E-state index contributed by atoms with van der Waals surface area (Å²) >= 11 is 0. The average Bonchev–Trinajstić information content (AvgIpc) is 3.34. The van der Waals surface area contributed by atoms with E-state index in [2.05, 4.69) is 68.7 Å². The molecule has 2 N–H and O–H groups in total. The van der Waals surface area contributed by atoms with Gasteiger partial charge in [0.1, 0.15) is 5.82 Å². The molecule has 3 aromatic heterocycles. The van der Waals surface area contributed by atoms with Gasteiger partial charge in [-0.05, 0) is 80.8 Å². The Bertz CT molecular complexity index is 1210. The Labute approximate surface area is 207 Å². The van der Waals surface area contributed by atoms with Crippen molar-refractivity contribution in [1.82, 2.24) is 30.2 Å². The summed E-state index contributed by atoms with van der Waals surface area (Å²) in [6.45, 7) is 1.69. The van der Waals surface area contributed by atoms with E-state index in [0.717, 1.165) is 42.1 Å². The van der Waals surface area contributed by atoms with Crippen molar-refractivity contribution in [2.45, 2.75) is 76.2 Å². The third kappa shape index (κ3) is 5.00. The molecule has 6 nitrogen and oxygen atoms in total. The topological polar surface area (TPSA) is 69.7 Å². The molecule has 0 saturated heterocycles. The second-order valence-electron chi connectivity index (χ2n) is 10.0. The van der Waals surface area contributed by atoms with Crippen LogP contribution in [-0.4, -0.2) is 36.9 Å². The number of pyridine rings is 2. The van der Waals surface area contributed by atoms with Crippen LogP contribution in [0.25, 0.3) is 11.0 Å². The predicted molar refractivity (Wildman–Crippen MR) is 139 cm³/mol. The summed E-state index contributed by atoms with van der Waals surface area (Å²) < 4.78 is 0. The molecule has 6 heteroatoms. The Morgan fingerprint density at radius 1 is 0.886 bits per heavy atom. The molecule has 35 heavy (non-hydrogen) atoms. The van der Waals surface area contributed by atoms with Crippen molar-refractivity contribution < 1.29 is 0 Å². The van der Waals surface area contributed by atoms with E-state index in [9.17, 15) is 0 Å². The lowest BCUT2D eigenvalue weighted by atomic mass is 9.85. The molecule has 4 aromatic rings. The van der Waals surface area contributed by atoms with Crippen LogP contribution >= 0.6 is 0 Å². The highest BCUT2D eigenvalue weighted by molar-refractivity contribution is 5.74. The van der Waals surface area contributed by atoms with Gasteiger partial charge in [-0.15, -0.1) is 0 Å². The van der Waals surface area contributed by atoms with Crippen LogP contribution in [0.15, 0.2) is 67.0 Å². The zero-order valence-electron chi connectivity index (χ0n) is 20.2. The number of benzene rings is 1. The number of hydrogen-bond donors (Lipinski definition) is 2. The number of aryl methyl sites for hydroxylation is 1. The quantitative estimate of drug-likeness (QED) is 0.385. The second-order valence-corrected chi connectivity index (χ2v) is 10.0. The molecule has 0 radical (unpaired) electrons. The molecule has 0 amide bonds. The van der Waals surface area contributed by atoms with Crippen molar-refractivity contribution in [2.24, 2.45) is 0 Å². The number of aromatic nitrogens is 4. The highest BCUT2D eigenvalue weighted by atomic mass is 15.2. The SMILES string of the molecule is c1ccc(CN[C@H]2CC[C@H](N(Cc3nc4ccccc4[nH]3)[C@H]3CCCc4cccnc43)CC2)nc1. The molecular weight excluding hydrogens is 432 g/mol. The lowest BCUT2D eigenvalue weighted by molar-refractivity contribution is 0.0728. The van der Waals surface area contributed by atoms with Crippen LogP contribution in [-0.2, 0) is 19.5 Å². The molecule has 0 unspecified atom stereocenters. The smallest absolute Gasteiger partial charge is 0.121 e. The molecule has 1 aromatic carbocycles. The van der Waals surface area contributed by atoms with Gasteiger partial charge in [-0.1, -0.05) is 24.3 Å². The summed E-state index contributed by atoms with van der Waals surface area (Å²) in [6.07, 6.45) is 12.1. The average molecular weight is 467 g/mol. The molecular formula is C29H34N6. The number of para-hydroxylation sites is 2. The fourth-order valence-corrected chi connectivity index (χ4v) is 6.02. The molecule has 180 valence electrons. The van der Waals surface area contributed by atoms with E-state index in [1.807, 2.05) is 18.5 Å². The maximum Gasteiger partial charge on any atom is 0.121 e. The molecule has 6 rings (SSSR count). The van der Waals surface area contributed by atoms with Crippen molar-refractivity contribution in [3.63, 3.8) is 0 Å². The van der Waals surface area contributed by atoms with Crippen LogP contribution in [0.5, 0.6) is 0 Å². The number of nitrogens with zero attached hydrogens (tertiary/aromatic N) is 4. The van der Waals surface area contributed by atoms with Gasteiger partial charge in [0.15, 0.2) is 0 Å². The number of aromatic amines is 1. The fourth-order valence-electron chi connectivity index (χ4n) is 6.02. The van der Waals surface area contributed by atoms with Crippen molar-refractivity contribution in [3.8, 4) is 0 Å². The summed E-state index contributed by atoms with van der Waals surface area (Å²) in [5, 5.41) is 3.75. The van der Waals surface area contributed by atoms with Crippen LogP contribution in [0.4, 0.5) is 0 Å². The number of nitrogens with one attached hydrogen (secondary N) is 2. The van der Waals surface area contributed by atoms with Crippen molar-refractivity contribution in [1.29, 1.82) is 0 Å². The van der Waals surface area contributed by atoms with E-state index in [1.165, 1.54) is 49.8 Å². The zero-order valence-corrected chi connectivity index (χ0v) is 20.2. The van der Waals surface area contributed by atoms with Crippen LogP contribution in [0.1, 0.15) is 67.3 Å². The van der Waals surface area contributed by atoms with Gasteiger partial charge < -0.3 is 10.3 Å². The van der Waals surface area contributed by atoms with E-state index in [-0.39, 0.29) is 0 Å². The number of H-pyrrole nitrogens is 1. The number of fused-ring (bicyclic) bond motifs is 2.